The molecule has 0 aliphatic rings. The highest BCUT2D eigenvalue weighted by Gasteiger charge is 2.02. The second-order valence-corrected chi connectivity index (χ2v) is 5.48. The Morgan fingerprint density at radius 2 is 2.33 bits per heavy atom. The number of ether oxygens (including phenoxy) is 3. The molecule has 0 atom stereocenters. The summed E-state index contributed by atoms with van der Waals surface area (Å²) >= 11 is 0. The van der Waals surface area contributed by atoms with Crippen molar-refractivity contribution in [2.75, 3.05) is 32.9 Å². The Morgan fingerprint density at radius 1 is 1.44 bits per heavy atom. The van der Waals surface area contributed by atoms with Crippen molar-refractivity contribution < 1.29 is 19.0 Å². The van der Waals surface area contributed by atoms with Gasteiger partial charge in [-0.05, 0) is 22.9 Å². The first kappa shape index (κ1) is 15.3. The van der Waals surface area contributed by atoms with Gasteiger partial charge in [0.15, 0.2) is 0 Å². The van der Waals surface area contributed by atoms with Crippen molar-refractivity contribution in [3.8, 4) is 0 Å². The predicted molar refractivity (Wildman–Crippen MR) is 71.3 cm³/mol. The van der Waals surface area contributed by atoms with Gasteiger partial charge in [0.1, 0.15) is 25.0 Å². The van der Waals surface area contributed by atoms with Crippen molar-refractivity contribution >= 4 is 27.6 Å². The quantitative estimate of drug-likeness (QED) is 0.298. The average Bonchev–Trinajstić information content (AvgIpc) is 2.40. The number of rotatable bonds is 9. The molecule has 1 heterocycles. The number of hydrogen-bond donors (Lipinski definition) is 0. The van der Waals surface area contributed by atoms with E-state index in [4.69, 9.17) is 9.47 Å². The molecule has 0 aliphatic heterocycles. The van der Waals surface area contributed by atoms with Gasteiger partial charge in [0.25, 0.3) is 0 Å². The minimum absolute atomic E-state index is 0.0775. The van der Waals surface area contributed by atoms with E-state index in [9.17, 15) is 4.79 Å². The maximum Gasteiger partial charge on any atom is 0.332 e. The number of methoxy groups -OCH3 is 1. The third kappa shape index (κ3) is 7.54. The van der Waals surface area contributed by atoms with Crippen molar-refractivity contribution in [3.63, 3.8) is 0 Å². The standard InChI is InChI=1S/C11H15NO4S2/c1-14-9-15-8-11(13)16-6-7-17-18-10-4-2-3-5-12-10/h2-5H,6-9H2,1H3. The van der Waals surface area contributed by atoms with Gasteiger partial charge in [-0.25, -0.2) is 9.78 Å². The van der Waals surface area contributed by atoms with Crippen LogP contribution in [0.1, 0.15) is 0 Å². The minimum Gasteiger partial charge on any atom is -0.463 e. The van der Waals surface area contributed by atoms with Crippen LogP contribution in [0.15, 0.2) is 29.4 Å². The zero-order valence-electron chi connectivity index (χ0n) is 10.0. The first-order valence-corrected chi connectivity index (χ1v) is 7.57. The number of carbonyl (C=O) groups is 1. The zero-order chi connectivity index (χ0) is 13.1. The van der Waals surface area contributed by atoms with E-state index in [1.54, 1.807) is 27.8 Å². The van der Waals surface area contributed by atoms with Gasteiger partial charge >= 0.3 is 5.97 Å². The summed E-state index contributed by atoms with van der Waals surface area (Å²) in [5, 5.41) is 0.942. The Bertz CT molecular complexity index is 337. The molecule has 18 heavy (non-hydrogen) atoms. The summed E-state index contributed by atoms with van der Waals surface area (Å²) < 4.78 is 14.4. The van der Waals surface area contributed by atoms with Crippen LogP contribution in [0.2, 0.25) is 0 Å². The first-order chi connectivity index (χ1) is 8.83. The van der Waals surface area contributed by atoms with Crippen LogP contribution in [0.5, 0.6) is 0 Å². The zero-order valence-corrected chi connectivity index (χ0v) is 11.7. The number of pyridine rings is 1. The molecule has 0 aliphatic carbocycles. The monoisotopic (exact) mass is 289 g/mol. The average molecular weight is 289 g/mol. The summed E-state index contributed by atoms with van der Waals surface area (Å²) in [5.74, 6) is 0.326. The topological polar surface area (TPSA) is 57.7 Å². The molecule has 5 nitrogen and oxygen atoms in total. The lowest BCUT2D eigenvalue weighted by Gasteiger charge is -2.04. The van der Waals surface area contributed by atoms with Gasteiger partial charge in [0.2, 0.25) is 0 Å². The summed E-state index contributed by atoms with van der Waals surface area (Å²) in [6.07, 6.45) is 1.75. The van der Waals surface area contributed by atoms with Crippen LogP contribution in [0.25, 0.3) is 0 Å². The van der Waals surface area contributed by atoms with Crippen molar-refractivity contribution in [2.45, 2.75) is 5.03 Å². The van der Waals surface area contributed by atoms with Crippen LogP contribution in [-0.4, -0.2) is 43.8 Å². The number of nitrogens with zero attached hydrogens (tertiary/aromatic N) is 1. The van der Waals surface area contributed by atoms with Crippen LogP contribution >= 0.6 is 21.6 Å². The largest absolute Gasteiger partial charge is 0.463 e. The highest BCUT2D eigenvalue weighted by molar-refractivity contribution is 8.76. The summed E-state index contributed by atoms with van der Waals surface area (Å²) in [5.41, 5.74) is 0. The van der Waals surface area contributed by atoms with E-state index >= 15 is 0 Å². The molecule has 1 rings (SSSR count). The Balaban J connectivity index is 1.97. The number of carbonyl (C=O) groups excluding carboxylic acids is 1. The third-order valence-corrected chi connectivity index (χ3v) is 3.86. The molecular weight excluding hydrogens is 274 g/mol. The maximum absolute atomic E-state index is 11.1. The van der Waals surface area contributed by atoms with Gasteiger partial charge in [0, 0.05) is 19.1 Å². The van der Waals surface area contributed by atoms with Crippen molar-refractivity contribution in [3.05, 3.63) is 24.4 Å². The molecule has 0 N–H and O–H groups in total. The van der Waals surface area contributed by atoms with Crippen LogP contribution < -0.4 is 0 Å². The Morgan fingerprint density at radius 3 is 3.06 bits per heavy atom. The molecule has 1 aromatic heterocycles. The lowest BCUT2D eigenvalue weighted by Crippen LogP contribution is -2.15. The number of aromatic nitrogens is 1. The molecule has 0 spiro atoms. The van der Waals surface area contributed by atoms with Gasteiger partial charge in [-0.2, -0.15) is 0 Å². The molecule has 0 radical (unpaired) electrons. The van der Waals surface area contributed by atoms with Crippen molar-refractivity contribution in [1.82, 2.24) is 4.98 Å². The number of esters is 1. The van der Waals surface area contributed by atoms with E-state index < -0.39 is 0 Å². The van der Waals surface area contributed by atoms with Crippen LogP contribution in [0.4, 0.5) is 0 Å². The fourth-order valence-corrected chi connectivity index (χ4v) is 2.64. The maximum atomic E-state index is 11.1. The van der Waals surface area contributed by atoms with Gasteiger partial charge in [-0.3, -0.25) is 0 Å². The molecule has 1 aromatic rings. The molecule has 0 bridgehead atoms. The summed E-state index contributed by atoms with van der Waals surface area (Å²) in [7, 11) is 4.64. The van der Waals surface area contributed by atoms with Gasteiger partial charge in [0.05, 0.1) is 0 Å². The lowest BCUT2D eigenvalue weighted by molar-refractivity contribution is -0.152. The molecule has 0 unspecified atom stereocenters. The second kappa shape index (κ2) is 10.2. The van der Waals surface area contributed by atoms with Gasteiger partial charge in [-0.1, -0.05) is 16.9 Å². The van der Waals surface area contributed by atoms with Crippen molar-refractivity contribution in [1.29, 1.82) is 0 Å². The summed E-state index contributed by atoms with van der Waals surface area (Å²) in [6, 6.07) is 5.74. The Hall–Kier alpha value is -0.760. The predicted octanol–water partition coefficient (Wildman–Crippen LogP) is 1.99. The molecule has 100 valence electrons. The summed E-state index contributed by atoms with van der Waals surface area (Å²) in [6.45, 7) is 0.380. The van der Waals surface area contributed by atoms with Gasteiger partial charge in [-0.15, -0.1) is 0 Å². The summed E-state index contributed by atoms with van der Waals surface area (Å²) in [4.78, 5) is 15.3. The lowest BCUT2D eigenvalue weighted by atomic mass is 10.5. The first-order valence-electron chi connectivity index (χ1n) is 5.25. The third-order valence-electron chi connectivity index (χ3n) is 1.63. The SMILES string of the molecule is COCOCC(=O)OCCSSc1ccccn1. The molecule has 0 amide bonds. The smallest absolute Gasteiger partial charge is 0.332 e. The van der Waals surface area contributed by atoms with Gasteiger partial charge < -0.3 is 14.2 Å². The Labute approximate surface area is 114 Å². The van der Waals surface area contributed by atoms with E-state index in [2.05, 4.69) is 9.72 Å². The minimum atomic E-state index is -0.379. The molecule has 0 saturated carbocycles. The van der Waals surface area contributed by atoms with Crippen LogP contribution in [0.3, 0.4) is 0 Å². The second-order valence-electron chi connectivity index (χ2n) is 3.05. The van der Waals surface area contributed by atoms with E-state index in [0.29, 0.717) is 12.4 Å². The molecule has 0 saturated heterocycles. The highest BCUT2D eigenvalue weighted by atomic mass is 33.1. The Kier molecular flexibility index (Phi) is 8.66. The number of hydrogen-bond acceptors (Lipinski definition) is 7. The van der Waals surface area contributed by atoms with E-state index in [0.717, 1.165) is 5.03 Å². The molecular formula is C11H15NO4S2. The highest BCUT2D eigenvalue weighted by Crippen LogP contribution is 2.28. The van der Waals surface area contributed by atoms with Crippen LogP contribution in [0, 0.1) is 0 Å². The van der Waals surface area contributed by atoms with E-state index in [-0.39, 0.29) is 19.4 Å². The molecule has 0 aromatic carbocycles. The fraction of sp³-hybridized carbons (Fsp3) is 0.455. The van der Waals surface area contributed by atoms with E-state index in [1.165, 1.54) is 7.11 Å². The van der Waals surface area contributed by atoms with Crippen LogP contribution in [-0.2, 0) is 19.0 Å². The van der Waals surface area contributed by atoms with Crippen molar-refractivity contribution in [2.24, 2.45) is 0 Å². The molecule has 7 heteroatoms. The molecule has 0 fully saturated rings. The van der Waals surface area contributed by atoms with E-state index in [1.807, 2.05) is 18.2 Å². The normalized spacial score (nSPS) is 10.3. The fourth-order valence-electron chi connectivity index (χ4n) is 0.938.